The topological polar surface area (TPSA) is 80.9 Å². The van der Waals surface area contributed by atoms with Gasteiger partial charge in [-0.25, -0.2) is 0 Å². The largest absolute Gasteiger partial charge is 0.486 e. The van der Waals surface area contributed by atoms with Crippen LogP contribution in [0, 0.1) is 0 Å². The van der Waals surface area contributed by atoms with Gasteiger partial charge in [-0.15, -0.1) is 0 Å². The van der Waals surface area contributed by atoms with E-state index in [-0.39, 0.29) is 10.9 Å². The van der Waals surface area contributed by atoms with E-state index in [4.69, 9.17) is 18.9 Å². The van der Waals surface area contributed by atoms with E-state index >= 15 is 0 Å². The van der Waals surface area contributed by atoms with Gasteiger partial charge in [0.1, 0.15) is 26.4 Å². The molecule has 0 fully saturated rings. The number of hydrogen-bond donors (Lipinski definition) is 0. The monoisotopic (exact) mass is 540 g/mol. The second-order valence-electron chi connectivity index (χ2n) is 12.6. The Morgan fingerprint density at radius 3 is 1.07 bits per heavy atom. The first-order valence-electron chi connectivity index (χ1n) is 13.7. The molecule has 0 saturated carbocycles. The number of aromatic nitrogens is 2. The predicted octanol–water partition coefficient (Wildman–Crippen LogP) is 5.68. The normalized spacial score (nSPS) is 15.3. The Morgan fingerprint density at radius 2 is 0.750 bits per heavy atom. The zero-order valence-corrected chi connectivity index (χ0v) is 23.6. The van der Waals surface area contributed by atoms with E-state index in [1.807, 2.05) is 24.3 Å². The molecular weight excluding hydrogens is 508 g/mol. The lowest BCUT2D eigenvalue weighted by atomic mass is 9.98. The van der Waals surface area contributed by atoms with Crippen LogP contribution in [0.5, 0.6) is 23.0 Å². The minimum absolute atomic E-state index is 0.112. The fourth-order valence-electron chi connectivity index (χ4n) is 6.20. The summed E-state index contributed by atoms with van der Waals surface area (Å²) < 4.78 is 27.7. The lowest BCUT2D eigenvalue weighted by molar-refractivity contribution is 0.172. The average Bonchev–Trinajstić information content (AvgIpc) is 2.90. The molecule has 8 heteroatoms. The van der Waals surface area contributed by atoms with Gasteiger partial charge in [0.25, 0.3) is 0 Å². The first-order chi connectivity index (χ1) is 18.9. The van der Waals surface area contributed by atoms with Gasteiger partial charge < -0.3 is 28.1 Å². The van der Waals surface area contributed by atoms with Crippen LogP contribution >= 0.6 is 0 Å². The molecule has 2 aliphatic rings. The van der Waals surface area contributed by atoms with Crippen molar-refractivity contribution in [2.24, 2.45) is 0 Å². The summed E-state index contributed by atoms with van der Waals surface area (Å²) in [5, 5.41) is 2.19. The molecule has 40 heavy (non-hydrogen) atoms. The van der Waals surface area contributed by atoms with Crippen LogP contribution in [0.1, 0.15) is 41.5 Å². The summed E-state index contributed by atoms with van der Waals surface area (Å²) >= 11 is 0. The maximum Gasteiger partial charge on any atom is 0.197 e. The van der Waals surface area contributed by atoms with Crippen molar-refractivity contribution in [3.05, 3.63) is 56.8 Å². The molecular formula is C32H32N2O6. The van der Waals surface area contributed by atoms with Gasteiger partial charge in [0.05, 0.1) is 32.8 Å². The maximum atomic E-state index is 14.2. The van der Waals surface area contributed by atoms with Gasteiger partial charge in [0, 0.05) is 34.0 Å². The molecule has 3 aromatic carbocycles. The number of pyridine rings is 2. The van der Waals surface area contributed by atoms with Gasteiger partial charge in [0.2, 0.25) is 0 Å². The van der Waals surface area contributed by atoms with Gasteiger partial charge in [-0.05, 0) is 65.8 Å². The van der Waals surface area contributed by atoms with E-state index in [1.165, 1.54) is 0 Å². The Hall–Kier alpha value is -4.20. The number of rotatable bonds is 0. The van der Waals surface area contributed by atoms with Crippen molar-refractivity contribution in [2.75, 3.05) is 26.4 Å². The van der Waals surface area contributed by atoms with Crippen molar-refractivity contribution in [1.82, 2.24) is 9.13 Å². The fourth-order valence-corrected chi connectivity index (χ4v) is 6.20. The van der Waals surface area contributed by atoms with Crippen LogP contribution in [0.25, 0.3) is 43.6 Å². The minimum Gasteiger partial charge on any atom is -0.486 e. The van der Waals surface area contributed by atoms with E-state index in [2.05, 4.69) is 50.7 Å². The van der Waals surface area contributed by atoms with Crippen molar-refractivity contribution in [2.45, 2.75) is 52.6 Å². The van der Waals surface area contributed by atoms with E-state index < -0.39 is 11.1 Å². The second kappa shape index (κ2) is 8.16. The molecule has 4 heterocycles. The van der Waals surface area contributed by atoms with Crippen LogP contribution in [0.3, 0.4) is 0 Å². The summed E-state index contributed by atoms with van der Waals surface area (Å²) in [5.41, 5.74) is 1.83. The standard InChI is InChI=1S/C32H32N2O6/c1-31(2,3)33-21-11-18-22(12-17(21)29(35)19-13-25-27(15-23(19)33)39-9-7-37-25)34(32(4,5)6)24-16-28-26(38-8-10-40-28)14-20(24)30(18)36/h11-16H,7-10H2,1-6H3. The van der Waals surface area contributed by atoms with E-state index in [1.54, 1.807) is 12.1 Å². The summed E-state index contributed by atoms with van der Waals surface area (Å²) in [4.78, 5) is 28.3. The smallest absolute Gasteiger partial charge is 0.197 e. The van der Waals surface area contributed by atoms with Crippen molar-refractivity contribution < 1.29 is 18.9 Å². The molecule has 0 radical (unpaired) electrons. The van der Waals surface area contributed by atoms with Gasteiger partial charge in [-0.1, -0.05) is 0 Å². The summed E-state index contributed by atoms with van der Waals surface area (Å²) in [5.74, 6) is 2.37. The molecule has 0 N–H and O–H groups in total. The molecule has 0 spiro atoms. The Balaban J connectivity index is 1.71. The van der Waals surface area contributed by atoms with Gasteiger partial charge in [0.15, 0.2) is 33.9 Å². The SMILES string of the molecule is CC(C)(C)n1c2cc3c(cc2c(=O)c2cc4c(cc21)c(=O)c1cc2c(cc1n4C(C)(C)C)OCCO2)OCCO3. The highest BCUT2D eigenvalue weighted by Crippen LogP contribution is 2.40. The van der Waals surface area contributed by atoms with Crippen LogP contribution in [-0.2, 0) is 11.1 Å². The van der Waals surface area contributed by atoms with Gasteiger partial charge in [-0.3, -0.25) is 9.59 Å². The van der Waals surface area contributed by atoms with Gasteiger partial charge in [-0.2, -0.15) is 0 Å². The highest BCUT2D eigenvalue weighted by atomic mass is 16.6. The summed E-state index contributed by atoms with van der Waals surface area (Å²) in [6, 6.07) is 11.1. The quantitative estimate of drug-likeness (QED) is 0.235. The Bertz CT molecular complexity index is 1870. The third-order valence-electron chi connectivity index (χ3n) is 7.72. The first kappa shape index (κ1) is 24.8. The molecule has 206 valence electrons. The molecule has 5 aromatic rings. The molecule has 0 saturated heterocycles. The number of benzene rings is 3. The number of ether oxygens (including phenoxy) is 4. The molecule has 0 atom stereocenters. The van der Waals surface area contributed by atoms with Crippen LogP contribution < -0.4 is 29.8 Å². The first-order valence-corrected chi connectivity index (χ1v) is 13.7. The van der Waals surface area contributed by atoms with Crippen molar-refractivity contribution in [3.63, 3.8) is 0 Å². The Morgan fingerprint density at radius 1 is 0.475 bits per heavy atom. The van der Waals surface area contributed by atoms with E-state index in [9.17, 15) is 9.59 Å². The molecule has 2 aromatic heterocycles. The van der Waals surface area contributed by atoms with Crippen molar-refractivity contribution in [1.29, 1.82) is 0 Å². The highest BCUT2D eigenvalue weighted by Gasteiger charge is 2.27. The molecule has 7 rings (SSSR count). The Labute approximate surface area is 230 Å². The van der Waals surface area contributed by atoms with Gasteiger partial charge >= 0.3 is 0 Å². The fraction of sp³-hybridized carbons (Fsp3) is 0.375. The third kappa shape index (κ3) is 3.51. The molecule has 0 bridgehead atoms. The molecule has 8 nitrogen and oxygen atoms in total. The lowest BCUT2D eigenvalue weighted by Gasteiger charge is -2.31. The van der Waals surface area contributed by atoms with Crippen LogP contribution in [0.2, 0.25) is 0 Å². The maximum absolute atomic E-state index is 14.2. The summed E-state index contributed by atoms with van der Waals surface area (Å²) in [6.45, 7) is 14.3. The zero-order valence-electron chi connectivity index (χ0n) is 23.6. The lowest BCUT2D eigenvalue weighted by Crippen LogP contribution is -2.28. The molecule has 2 aliphatic heterocycles. The Kier molecular flexibility index (Phi) is 5.06. The highest BCUT2D eigenvalue weighted by molar-refractivity contribution is 6.05. The van der Waals surface area contributed by atoms with E-state index in [0.717, 1.165) is 11.0 Å². The number of hydrogen-bond acceptors (Lipinski definition) is 6. The molecule has 0 aliphatic carbocycles. The molecule has 0 unspecified atom stereocenters. The second-order valence-corrected chi connectivity index (χ2v) is 12.6. The van der Waals surface area contributed by atoms with Crippen molar-refractivity contribution in [3.8, 4) is 23.0 Å². The predicted molar refractivity (Wildman–Crippen MR) is 157 cm³/mol. The summed E-state index contributed by atoms with van der Waals surface area (Å²) in [6.07, 6.45) is 0. The molecule has 0 amide bonds. The van der Waals surface area contributed by atoms with Crippen LogP contribution in [0.15, 0.2) is 46.0 Å². The third-order valence-corrected chi connectivity index (χ3v) is 7.72. The summed E-state index contributed by atoms with van der Waals surface area (Å²) in [7, 11) is 0. The van der Waals surface area contributed by atoms with Crippen molar-refractivity contribution >= 4 is 43.6 Å². The number of nitrogens with zero attached hydrogens (tertiary/aromatic N) is 2. The average molecular weight is 541 g/mol. The van der Waals surface area contributed by atoms with E-state index in [0.29, 0.717) is 82.0 Å². The van der Waals surface area contributed by atoms with Crippen LogP contribution in [-0.4, -0.2) is 35.6 Å². The minimum atomic E-state index is -0.411. The number of fused-ring (bicyclic) bond motifs is 6. The van der Waals surface area contributed by atoms with Crippen LogP contribution in [0.4, 0.5) is 0 Å². The zero-order chi connectivity index (χ0) is 28.1.